The molecule has 3 nitrogen and oxygen atoms in total. The van der Waals surface area contributed by atoms with E-state index >= 15 is 0 Å². The van der Waals surface area contributed by atoms with E-state index in [1.54, 1.807) is 0 Å². The molecular weight excluding hydrogens is 308 g/mol. The summed E-state index contributed by atoms with van der Waals surface area (Å²) >= 11 is 0. The Morgan fingerprint density at radius 3 is 2.44 bits per heavy atom. The summed E-state index contributed by atoms with van der Waals surface area (Å²) in [5, 5.41) is 19.1. The molecule has 0 aromatic carbocycles. The first-order valence-electron chi connectivity index (χ1n) is 11.2. The maximum atomic E-state index is 11.1. The Hall–Kier alpha value is -0.120. The maximum absolute atomic E-state index is 11.1. The molecular formula is C22H40N2O. The molecule has 3 saturated carbocycles. The van der Waals surface area contributed by atoms with Gasteiger partial charge in [-0.3, -0.25) is 0 Å². The maximum Gasteiger partial charge on any atom is 0.0603 e. The predicted molar refractivity (Wildman–Crippen MR) is 104 cm³/mol. The number of aliphatic hydroxyl groups is 1. The Labute approximate surface area is 154 Å². The average Bonchev–Trinajstić information content (AvgIpc) is 2.58. The number of hydrogen-bond acceptors (Lipinski definition) is 3. The third-order valence-electron chi connectivity index (χ3n) is 7.93. The van der Waals surface area contributed by atoms with Crippen LogP contribution in [0.4, 0.5) is 0 Å². The molecule has 0 bridgehead atoms. The SMILES string of the molecule is CC1(C)CC(O)C2C(C1)NC1CCCCC1C2NCC1CCCCC1. The van der Waals surface area contributed by atoms with Crippen LogP contribution in [0.2, 0.25) is 0 Å². The number of nitrogens with one attached hydrogen (secondary N) is 2. The van der Waals surface area contributed by atoms with Crippen molar-refractivity contribution in [1.29, 1.82) is 0 Å². The van der Waals surface area contributed by atoms with E-state index in [-0.39, 0.29) is 11.5 Å². The average molecular weight is 349 g/mol. The first-order valence-corrected chi connectivity index (χ1v) is 11.2. The molecule has 1 aliphatic heterocycles. The minimum atomic E-state index is -0.145. The van der Waals surface area contributed by atoms with Gasteiger partial charge in [0.2, 0.25) is 0 Å². The van der Waals surface area contributed by atoms with Crippen molar-refractivity contribution in [3.63, 3.8) is 0 Å². The largest absolute Gasteiger partial charge is 0.393 e. The molecule has 3 N–H and O–H groups in total. The predicted octanol–water partition coefficient (Wildman–Crippen LogP) is 3.85. The molecule has 144 valence electrons. The van der Waals surface area contributed by atoms with E-state index in [1.807, 2.05) is 0 Å². The van der Waals surface area contributed by atoms with Crippen molar-refractivity contribution in [3.05, 3.63) is 0 Å². The van der Waals surface area contributed by atoms with Gasteiger partial charge in [0.25, 0.3) is 0 Å². The summed E-state index contributed by atoms with van der Waals surface area (Å²) in [6.45, 7) is 5.87. The van der Waals surface area contributed by atoms with Crippen molar-refractivity contribution >= 4 is 0 Å². The van der Waals surface area contributed by atoms with Crippen molar-refractivity contribution in [2.75, 3.05) is 6.54 Å². The van der Waals surface area contributed by atoms with Crippen molar-refractivity contribution in [3.8, 4) is 0 Å². The van der Waals surface area contributed by atoms with Crippen LogP contribution in [-0.4, -0.2) is 35.9 Å². The third kappa shape index (κ3) is 3.94. The van der Waals surface area contributed by atoms with Crippen LogP contribution in [-0.2, 0) is 0 Å². The van der Waals surface area contributed by atoms with Crippen molar-refractivity contribution in [2.24, 2.45) is 23.2 Å². The Balaban J connectivity index is 1.49. The van der Waals surface area contributed by atoms with E-state index in [0.717, 1.165) is 18.3 Å². The van der Waals surface area contributed by atoms with Crippen LogP contribution in [0.25, 0.3) is 0 Å². The number of piperidine rings is 1. The van der Waals surface area contributed by atoms with E-state index in [2.05, 4.69) is 24.5 Å². The Kier molecular flexibility index (Phi) is 5.46. The van der Waals surface area contributed by atoms with E-state index in [4.69, 9.17) is 0 Å². The van der Waals surface area contributed by atoms with Crippen molar-refractivity contribution in [1.82, 2.24) is 10.6 Å². The van der Waals surface area contributed by atoms with Gasteiger partial charge in [0.05, 0.1) is 6.10 Å². The monoisotopic (exact) mass is 348 g/mol. The van der Waals surface area contributed by atoms with Crippen molar-refractivity contribution in [2.45, 2.75) is 109 Å². The molecule has 4 rings (SSSR count). The van der Waals surface area contributed by atoms with E-state index < -0.39 is 0 Å². The highest BCUT2D eigenvalue weighted by Gasteiger charge is 2.51. The fourth-order valence-electron chi connectivity index (χ4n) is 6.78. The minimum Gasteiger partial charge on any atom is -0.393 e. The number of fused-ring (bicyclic) bond motifs is 2. The molecule has 1 saturated heterocycles. The highest BCUT2D eigenvalue weighted by atomic mass is 16.3. The van der Waals surface area contributed by atoms with Crippen LogP contribution in [0.15, 0.2) is 0 Å². The highest BCUT2D eigenvalue weighted by molar-refractivity contribution is 5.08. The Bertz CT molecular complexity index is 445. The Morgan fingerprint density at radius 2 is 1.64 bits per heavy atom. The van der Waals surface area contributed by atoms with Gasteiger partial charge in [-0.1, -0.05) is 46.0 Å². The molecule has 4 fully saturated rings. The molecule has 1 heterocycles. The fraction of sp³-hybridized carbons (Fsp3) is 1.00. The lowest BCUT2D eigenvalue weighted by Crippen LogP contribution is -2.69. The molecule has 6 atom stereocenters. The lowest BCUT2D eigenvalue weighted by molar-refractivity contribution is -0.0669. The van der Waals surface area contributed by atoms with Gasteiger partial charge in [-0.2, -0.15) is 0 Å². The van der Waals surface area contributed by atoms with E-state index in [0.29, 0.717) is 24.0 Å². The van der Waals surface area contributed by atoms with Crippen molar-refractivity contribution < 1.29 is 5.11 Å². The van der Waals surface area contributed by atoms with Crippen LogP contribution >= 0.6 is 0 Å². The zero-order valence-electron chi connectivity index (χ0n) is 16.5. The van der Waals surface area contributed by atoms with Gasteiger partial charge in [0, 0.05) is 24.0 Å². The summed E-state index contributed by atoms with van der Waals surface area (Å²) < 4.78 is 0. The molecule has 3 aliphatic carbocycles. The molecule has 4 aliphatic rings. The molecule has 6 unspecified atom stereocenters. The zero-order valence-corrected chi connectivity index (χ0v) is 16.5. The van der Waals surface area contributed by atoms with Crippen LogP contribution in [0.1, 0.15) is 84.5 Å². The fourth-order valence-corrected chi connectivity index (χ4v) is 6.78. The molecule has 0 aromatic heterocycles. The number of rotatable bonds is 3. The highest BCUT2D eigenvalue weighted by Crippen LogP contribution is 2.46. The number of hydrogen-bond donors (Lipinski definition) is 3. The normalized spacial score (nSPS) is 44.8. The van der Waals surface area contributed by atoms with E-state index in [1.165, 1.54) is 70.8 Å². The second-order valence-corrected chi connectivity index (χ2v) is 10.5. The van der Waals surface area contributed by atoms with Gasteiger partial charge >= 0.3 is 0 Å². The smallest absolute Gasteiger partial charge is 0.0603 e. The van der Waals surface area contributed by atoms with Gasteiger partial charge in [-0.15, -0.1) is 0 Å². The third-order valence-corrected chi connectivity index (χ3v) is 7.93. The summed E-state index contributed by atoms with van der Waals surface area (Å²) in [5.41, 5.74) is 0.267. The van der Waals surface area contributed by atoms with Gasteiger partial charge in [0.1, 0.15) is 0 Å². The molecule has 0 radical (unpaired) electrons. The van der Waals surface area contributed by atoms with Gasteiger partial charge in [-0.05, 0) is 62.3 Å². The van der Waals surface area contributed by atoms with Gasteiger partial charge in [-0.25, -0.2) is 0 Å². The van der Waals surface area contributed by atoms with Crippen LogP contribution < -0.4 is 10.6 Å². The zero-order chi connectivity index (χ0) is 17.4. The summed E-state index contributed by atoms with van der Waals surface area (Å²) in [6, 6.07) is 1.71. The first kappa shape index (κ1) is 18.3. The molecule has 0 spiro atoms. The molecule has 25 heavy (non-hydrogen) atoms. The van der Waals surface area contributed by atoms with E-state index in [9.17, 15) is 5.11 Å². The standard InChI is InChI=1S/C22H40N2O/c1-22(2)12-18-20(19(25)13-22)21(16-10-6-7-11-17(16)24-18)23-14-15-8-4-3-5-9-15/h15-21,23-25H,3-14H2,1-2H3. The second-order valence-electron chi connectivity index (χ2n) is 10.5. The van der Waals surface area contributed by atoms with Gasteiger partial charge in [0.15, 0.2) is 0 Å². The molecule has 0 amide bonds. The lowest BCUT2D eigenvalue weighted by Gasteiger charge is -2.56. The van der Waals surface area contributed by atoms with Crippen LogP contribution in [0.3, 0.4) is 0 Å². The topological polar surface area (TPSA) is 44.3 Å². The quantitative estimate of drug-likeness (QED) is 0.726. The summed E-state index contributed by atoms with van der Waals surface area (Å²) in [7, 11) is 0. The Morgan fingerprint density at radius 1 is 0.920 bits per heavy atom. The minimum absolute atomic E-state index is 0.145. The molecule has 3 heteroatoms. The summed E-state index contributed by atoms with van der Waals surface area (Å²) in [4.78, 5) is 0. The lowest BCUT2D eigenvalue weighted by atomic mass is 9.60. The summed E-state index contributed by atoms with van der Waals surface area (Å²) in [6.07, 6.45) is 14.6. The first-order chi connectivity index (χ1) is 12.0. The second kappa shape index (κ2) is 7.48. The van der Waals surface area contributed by atoms with Gasteiger partial charge < -0.3 is 15.7 Å². The number of aliphatic hydroxyl groups excluding tert-OH is 1. The van der Waals surface area contributed by atoms with Crippen LogP contribution in [0.5, 0.6) is 0 Å². The summed E-state index contributed by atoms with van der Waals surface area (Å²) in [5.74, 6) is 2.02. The van der Waals surface area contributed by atoms with Crippen LogP contribution in [0, 0.1) is 23.2 Å². The molecule has 0 aromatic rings.